The molecule has 0 bridgehead atoms. The Morgan fingerprint density at radius 3 is 1.25 bits per heavy atom. The minimum atomic E-state index is 1.06. The van der Waals surface area contributed by atoms with Crippen LogP contribution in [0.4, 0.5) is 0 Å². The standard InChI is InChI=1S/C5H12N2.C4H9N/c1-5(6-2)7(3)4;1-4(2)5-3/h1-4H3;1-3H3. The minimum absolute atomic E-state index is 1.06. The van der Waals surface area contributed by atoms with Crippen LogP contribution in [-0.4, -0.2) is 44.6 Å². The molecule has 3 heteroatoms. The van der Waals surface area contributed by atoms with Crippen LogP contribution in [0.5, 0.6) is 0 Å². The highest BCUT2D eigenvalue weighted by atomic mass is 15.1. The summed E-state index contributed by atoms with van der Waals surface area (Å²) in [6, 6.07) is 0. The van der Waals surface area contributed by atoms with Crippen molar-refractivity contribution in [2.24, 2.45) is 9.98 Å². The van der Waals surface area contributed by atoms with Crippen molar-refractivity contribution in [3.8, 4) is 0 Å². The van der Waals surface area contributed by atoms with Gasteiger partial charge < -0.3 is 4.90 Å². The lowest BCUT2D eigenvalue weighted by Crippen LogP contribution is -2.17. The molecule has 0 saturated heterocycles. The van der Waals surface area contributed by atoms with E-state index in [0.717, 1.165) is 11.5 Å². The SMILES string of the molecule is CN=C(C)C.CN=C(C)N(C)C. The van der Waals surface area contributed by atoms with Gasteiger partial charge in [-0.3, -0.25) is 9.98 Å². The van der Waals surface area contributed by atoms with Gasteiger partial charge in [-0.15, -0.1) is 0 Å². The average molecular weight is 171 g/mol. The molecule has 0 aromatic carbocycles. The zero-order chi connectivity index (χ0) is 10.1. The third-order valence-corrected chi connectivity index (χ3v) is 1.42. The highest BCUT2D eigenvalue weighted by Crippen LogP contribution is 1.76. The largest absolute Gasteiger partial charge is 0.367 e. The average Bonchev–Trinajstić information content (AvgIpc) is 2.04. The first kappa shape index (κ1) is 13.7. The first-order valence-electron chi connectivity index (χ1n) is 3.96. The molecule has 72 valence electrons. The molecule has 0 unspecified atom stereocenters. The molecule has 0 fully saturated rings. The van der Waals surface area contributed by atoms with Crippen molar-refractivity contribution in [1.29, 1.82) is 0 Å². The van der Waals surface area contributed by atoms with Crippen LogP contribution >= 0.6 is 0 Å². The van der Waals surface area contributed by atoms with Gasteiger partial charge in [-0.1, -0.05) is 0 Å². The fourth-order valence-corrected chi connectivity index (χ4v) is 0.200. The first-order valence-corrected chi connectivity index (χ1v) is 3.96. The Kier molecular flexibility index (Phi) is 9.41. The van der Waals surface area contributed by atoms with Crippen LogP contribution in [0, 0.1) is 0 Å². The van der Waals surface area contributed by atoms with Gasteiger partial charge >= 0.3 is 0 Å². The maximum Gasteiger partial charge on any atom is 0.0948 e. The Hall–Kier alpha value is -0.860. The molecular formula is C9H21N3. The van der Waals surface area contributed by atoms with Crippen molar-refractivity contribution >= 4 is 11.5 Å². The third-order valence-electron chi connectivity index (χ3n) is 1.42. The fraction of sp³-hybridized carbons (Fsp3) is 0.778. The van der Waals surface area contributed by atoms with E-state index in [2.05, 4.69) is 9.98 Å². The van der Waals surface area contributed by atoms with Crippen molar-refractivity contribution in [1.82, 2.24) is 4.90 Å². The molecule has 0 aromatic heterocycles. The van der Waals surface area contributed by atoms with Crippen LogP contribution in [0.3, 0.4) is 0 Å². The van der Waals surface area contributed by atoms with Crippen molar-refractivity contribution in [3.05, 3.63) is 0 Å². The van der Waals surface area contributed by atoms with Gasteiger partial charge in [-0.05, 0) is 20.8 Å². The molecule has 0 aliphatic carbocycles. The van der Waals surface area contributed by atoms with E-state index in [9.17, 15) is 0 Å². The lowest BCUT2D eigenvalue weighted by atomic mass is 10.5. The molecule has 0 spiro atoms. The van der Waals surface area contributed by atoms with Crippen LogP contribution in [0.2, 0.25) is 0 Å². The molecule has 0 atom stereocenters. The summed E-state index contributed by atoms with van der Waals surface area (Å²) in [5, 5.41) is 0. The monoisotopic (exact) mass is 171 g/mol. The first-order chi connectivity index (χ1) is 5.45. The molecular weight excluding hydrogens is 150 g/mol. The van der Waals surface area contributed by atoms with E-state index < -0.39 is 0 Å². The van der Waals surface area contributed by atoms with Gasteiger partial charge in [-0.2, -0.15) is 0 Å². The van der Waals surface area contributed by atoms with E-state index in [1.54, 1.807) is 14.1 Å². The van der Waals surface area contributed by atoms with Gasteiger partial charge in [0.05, 0.1) is 5.84 Å². The minimum Gasteiger partial charge on any atom is -0.367 e. The number of aliphatic imine (C=N–C) groups is 2. The van der Waals surface area contributed by atoms with E-state index in [1.807, 2.05) is 39.8 Å². The van der Waals surface area contributed by atoms with Gasteiger partial charge in [-0.25, -0.2) is 0 Å². The van der Waals surface area contributed by atoms with Crippen molar-refractivity contribution in [2.75, 3.05) is 28.2 Å². The van der Waals surface area contributed by atoms with E-state index in [4.69, 9.17) is 0 Å². The van der Waals surface area contributed by atoms with E-state index in [1.165, 1.54) is 0 Å². The summed E-state index contributed by atoms with van der Waals surface area (Å²) in [5.41, 5.74) is 1.13. The highest BCUT2D eigenvalue weighted by molar-refractivity contribution is 5.79. The Morgan fingerprint density at radius 1 is 0.917 bits per heavy atom. The number of hydrogen-bond acceptors (Lipinski definition) is 2. The summed E-state index contributed by atoms with van der Waals surface area (Å²) < 4.78 is 0. The molecule has 0 aliphatic rings. The van der Waals surface area contributed by atoms with Gasteiger partial charge in [0.15, 0.2) is 0 Å². The number of hydrogen-bond donors (Lipinski definition) is 0. The molecule has 0 rings (SSSR count). The van der Waals surface area contributed by atoms with Crippen LogP contribution in [-0.2, 0) is 0 Å². The van der Waals surface area contributed by atoms with Crippen molar-refractivity contribution in [2.45, 2.75) is 20.8 Å². The molecule has 0 aliphatic heterocycles. The maximum atomic E-state index is 3.93. The van der Waals surface area contributed by atoms with Crippen molar-refractivity contribution < 1.29 is 0 Å². The number of amidine groups is 1. The van der Waals surface area contributed by atoms with Crippen LogP contribution < -0.4 is 0 Å². The number of rotatable bonds is 0. The quantitative estimate of drug-likeness (QED) is 0.402. The topological polar surface area (TPSA) is 28.0 Å². The lowest BCUT2D eigenvalue weighted by Gasteiger charge is -2.08. The fourth-order valence-electron chi connectivity index (χ4n) is 0.200. The Morgan fingerprint density at radius 2 is 1.25 bits per heavy atom. The van der Waals surface area contributed by atoms with Gasteiger partial charge in [0.25, 0.3) is 0 Å². The van der Waals surface area contributed by atoms with E-state index >= 15 is 0 Å². The second kappa shape index (κ2) is 8.24. The summed E-state index contributed by atoms with van der Waals surface area (Å²) in [4.78, 5) is 9.71. The lowest BCUT2D eigenvalue weighted by molar-refractivity contribution is 0.617. The highest BCUT2D eigenvalue weighted by Gasteiger charge is 1.85. The van der Waals surface area contributed by atoms with E-state index in [0.29, 0.717) is 0 Å². The molecule has 0 amide bonds. The molecule has 3 nitrogen and oxygen atoms in total. The van der Waals surface area contributed by atoms with Crippen LogP contribution in [0.1, 0.15) is 20.8 Å². The molecule has 12 heavy (non-hydrogen) atoms. The smallest absolute Gasteiger partial charge is 0.0948 e. The Bertz CT molecular complexity index is 153. The van der Waals surface area contributed by atoms with Gasteiger partial charge in [0.2, 0.25) is 0 Å². The van der Waals surface area contributed by atoms with Crippen LogP contribution in [0.15, 0.2) is 9.98 Å². The predicted molar refractivity (Wildman–Crippen MR) is 57.4 cm³/mol. The van der Waals surface area contributed by atoms with Crippen LogP contribution in [0.25, 0.3) is 0 Å². The third kappa shape index (κ3) is 11.9. The predicted octanol–water partition coefficient (Wildman–Crippen LogP) is 1.69. The molecule has 0 radical (unpaired) electrons. The summed E-state index contributed by atoms with van der Waals surface area (Å²) in [6.07, 6.45) is 0. The molecule has 0 saturated carbocycles. The van der Waals surface area contributed by atoms with E-state index in [-0.39, 0.29) is 0 Å². The second-order valence-corrected chi connectivity index (χ2v) is 2.84. The second-order valence-electron chi connectivity index (χ2n) is 2.84. The zero-order valence-electron chi connectivity index (χ0n) is 9.34. The maximum absolute atomic E-state index is 3.93. The van der Waals surface area contributed by atoms with Gasteiger partial charge in [0.1, 0.15) is 0 Å². The molecule has 0 N–H and O–H groups in total. The Labute approximate surface area is 76.2 Å². The Balaban J connectivity index is 0. The van der Waals surface area contributed by atoms with Crippen molar-refractivity contribution in [3.63, 3.8) is 0 Å². The number of nitrogens with zero attached hydrogens (tertiary/aromatic N) is 3. The molecule has 0 aromatic rings. The zero-order valence-corrected chi connectivity index (χ0v) is 9.34. The summed E-state index contributed by atoms with van der Waals surface area (Å²) in [7, 11) is 7.52. The summed E-state index contributed by atoms with van der Waals surface area (Å²) >= 11 is 0. The molecule has 0 heterocycles. The normalized spacial score (nSPS) is 9.75. The van der Waals surface area contributed by atoms with Gasteiger partial charge in [0, 0.05) is 33.9 Å². The summed E-state index contributed by atoms with van der Waals surface area (Å²) in [5.74, 6) is 1.06. The summed E-state index contributed by atoms with van der Waals surface area (Å²) in [6.45, 7) is 5.92.